The summed E-state index contributed by atoms with van der Waals surface area (Å²) >= 11 is 1.63. The van der Waals surface area contributed by atoms with Crippen LogP contribution < -0.4 is 0 Å². The molecular weight excluding hydrogens is 232 g/mol. The van der Waals surface area contributed by atoms with Crippen LogP contribution in [-0.2, 0) is 24.7 Å². The first kappa shape index (κ1) is 12.0. The molecular formula is C13H16N2OS. The quantitative estimate of drug-likeness (QED) is 0.833. The number of aromatic nitrogens is 2. The Morgan fingerprint density at radius 2 is 2.18 bits per heavy atom. The van der Waals surface area contributed by atoms with Crippen molar-refractivity contribution in [1.82, 2.24) is 9.78 Å². The van der Waals surface area contributed by atoms with Gasteiger partial charge in [0.25, 0.3) is 0 Å². The van der Waals surface area contributed by atoms with Crippen LogP contribution in [0, 0.1) is 13.8 Å². The van der Waals surface area contributed by atoms with E-state index in [9.17, 15) is 4.79 Å². The highest BCUT2D eigenvalue weighted by Crippen LogP contribution is 2.15. The van der Waals surface area contributed by atoms with Gasteiger partial charge in [0, 0.05) is 36.0 Å². The van der Waals surface area contributed by atoms with Gasteiger partial charge >= 0.3 is 0 Å². The largest absolute Gasteiger partial charge is 0.299 e. The molecule has 17 heavy (non-hydrogen) atoms. The minimum Gasteiger partial charge on any atom is -0.299 e. The van der Waals surface area contributed by atoms with Gasteiger partial charge in [-0.3, -0.25) is 9.48 Å². The molecule has 0 N–H and O–H groups in total. The van der Waals surface area contributed by atoms with Gasteiger partial charge < -0.3 is 0 Å². The first-order valence-electron chi connectivity index (χ1n) is 5.61. The van der Waals surface area contributed by atoms with E-state index in [1.165, 1.54) is 0 Å². The lowest BCUT2D eigenvalue weighted by atomic mass is 10.0. The molecule has 0 atom stereocenters. The predicted octanol–water partition coefficient (Wildman–Crippen LogP) is 2.45. The third kappa shape index (κ3) is 2.64. The second kappa shape index (κ2) is 4.84. The SMILES string of the molecule is Cc1nn(C)c(C)c1CC(=O)Cc1cccs1. The number of carbonyl (C=O) groups is 1. The van der Waals surface area contributed by atoms with Crippen LogP contribution in [0.4, 0.5) is 0 Å². The molecule has 0 aliphatic carbocycles. The number of ketones is 1. The Labute approximate surface area is 105 Å². The van der Waals surface area contributed by atoms with E-state index >= 15 is 0 Å². The maximum absolute atomic E-state index is 12.0. The molecule has 0 unspecified atom stereocenters. The minimum atomic E-state index is 0.256. The molecule has 0 amide bonds. The molecule has 90 valence electrons. The van der Waals surface area contributed by atoms with Gasteiger partial charge in [0.05, 0.1) is 5.69 Å². The Bertz CT molecular complexity index is 526. The fourth-order valence-electron chi connectivity index (χ4n) is 1.94. The number of hydrogen-bond acceptors (Lipinski definition) is 3. The van der Waals surface area contributed by atoms with Gasteiger partial charge in [0.1, 0.15) is 5.78 Å². The van der Waals surface area contributed by atoms with Crippen molar-refractivity contribution < 1.29 is 4.79 Å². The Kier molecular flexibility index (Phi) is 3.43. The molecule has 0 spiro atoms. The lowest BCUT2D eigenvalue weighted by molar-refractivity contribution is -0.117. The summed E-state index contributed by atoms with van der Waals surface area (Å²) in [6.07, 6.45) is 1.02. The van der Waals surface area contributed by atoms with Gasteiger partial charge in [0.15, 0.2) is 0 Å². The van der Waals surface area contributed by atoms with Crippen molar-refractivity contribution >= 4 is 17.1 Å². The lowest BCUT2D eigenvalue weighted by Gasteiger charge is -2.01. The number of thiophene rings is 1. The third-order valence-corrected chi connectivity index (χ3v) is 3.86. The van der Waals surface area contributed by atoms with Crippen molar-refractivity contribution in [3.8, 4) is 0 Å². The summed E-state index contributed by atoms with van der Waals surface area (Å²) in [4.78, 5) is 13.1. The van der Waals surface area contributed by atoms with E-state index < -0.39 is 0 Å². The molecule has 0 fully saturated rings. The monoisotopic (exact) mass is 248 g/mol. The number of carbonyl (C=O) groups excluding carboxylic acids is 1. The summed E-state index contributed by atoms with van der Waals surface area (Å²) in [5.74, 6) is 0.256. The molecule has 0 saturated carbocycles. The van der Waals surface area contributed by atoms with Crippen molar-refractivity contribution in [2.45, 2.75) is 26.7 Å². The van der Waals surface area contributed by atoms with E-state index in [-0.39, 0.29) is 5.78 Å². The Hall–Kier alpha value is -1.42. The van der Waals surface area contributed by atoms with Crippen LogP contribution >= 0.6 is 11.3 Å². The maximum atomic E-state index is 12.0. The highest BCUT2D eigenvalue weighted by Gasteiger charge is 2.13. The zero-order chi connectivity index (χ0) is 12.4. The molecule has 2 aromatic heterocycles. The normalized spacial score (nSPS) is 10.8. The molecule has 4 heteroatoms. The van der Waals surface area contributed by atoms with E-state index in [2.05, 4.69) is 5.10 Å². The van der Waals surface area contributed by atoms with Crippen molar-refractivity contribution in [2.75, 3.05) is 0 Å². The van der Waals surface area contributed by atoms with E-state index in [4.69, 9.17) is 0 Å². The zero-order valence-corrected chi connectivity index (χ0v) is 11.2. The highest BCUT2D eigenvalue weighted by atomic mass is 32.1. The molecule has 0 aromatic carbocycles. The smallest absolute Gasteiger partial charge is 0.142 e. The number of aryl methyl sites for hydroxylation is 2. The second-order valence-corrected chi connectivity index (χ2v) is 5.28. The van der Waals surface area contributed by atoms with Crippen molar-refractivity contribution in [1.29, 1.82) is 0 Å². The molecule has 0 bridgehead atoms. The van der Waals surface area contributed by atoms with Gasteiger partial charge in [-0.15, -0.1) is 11.3 Å². The Morgan fingerprint density at radius 3 is 2.71 bits per heavy atom. The molecule has 3 nitrogen and oxygen atoms in total. The summed E-state index contributed by atoms with van der Waals surface area (Å²) in [6, 6.07) is 3.99. The van der Waals surface area contributed by atoms with Crippen LogP contribution in [0.15, 0.2) is 17.5 Å². The van der Waals surface area contributed by atoms with Crippen LogP contribution in [0.1, 0.15) is 21.8 Å². The summed E-state index contributed by atoms with van der Waals surface area (Å²) < 4.78 is 1.84. The van der Waals surface area contributed by atoms with E-state index in [0.29, 0.717) is 12.8 Å². The van der Waals surface area contributed by atoms with Crippen LogP contribution in [0.2, 0.25) is 0 Å². The summed E-state index contributed by atoms with van der Waals surface area (Å²) in [5, 5.41) is 6.33. The standard InChI is InChI=1S/C13H16N2OS/c1-9-13(10(2)15(3)14-9)8-11(16)7-12-5-4-6-17-12/h4-6H,7-8H2,1-3H3. The van der Waals surface area contributed by atoms with Crippen molar-refractivity contribution in [2.24, 2.45) is 7.05 Å². The fraction of sp³-hybridized carbons (Fsp3) is 0.385. The Morgan fingerprint density at radius 1 is 1.41 bits per heavy atom. The van der Waals surface area contributed by atoms with Gasteiger partial charge in [-0.05, 0) is 25.3 Å². The topological polar surface area (TPSA) is 34.9 Å². The summed E-state index contributed by atoms with van der Waals surface area (Å²) in [5.41, 5.74) is 3.13. The predicted molar refractivity (Wildman–Crippen MR) is 69.4 cm³/mol. The highest BCUT2D eigenvalue weighted by molar-refractivity contribution is 7.10. The van der Waals surface area contributed by atoms with Gasteiger partial charge in [-0.1, -0.05) is 6.07 Å². The lowest BCUT2D eigenvalue weighted by Crippen LogP contribution is -2.07. The van der Waals surface area contributed by atoms with Crippen LogP contribution in [0.25, 0.3) is 0 Å². The van der Waals surface area contributed by atoms with Crippen LogP contribution in [0.5, 0.6) is 0 Å². The average molecular weight is 248 g/mol. The van der Waals surface area contributed by atoms with Gasteiger partial charge in [0.2, 0.25) is 0 Å². The second-order valence-electron chi connectivity index (χ2n) is 4.24. The molecule has 2 aromatic rings. The maximum Gasteiger partial charge on any atom is 0.142 e. The van der Waals surface area contributed by atoms with Crippen LogP contribution in [0.3, 0.4) is 0 Å². The van der Waals surface area contributed by atoms with Crippen LogP contribution in [-0.4, -0.2) is 15.6 Å². The first-order chi connectivity index (χ1) is 8.08. The fourth-order valence-corrected chi connectivity index (χ4v) is 2.67. The summed E-state index contributed by atoms with van der Waals surface area (Å²) in [6.45, 7) is 3.97. The van der Waals surface area contributed by atoms with Crippen molar-refractivity contribution in [3.63, 3.8) is 0 Å². The zero-order valence-electron chi connectivity index (χ0n) is 10.4. The molecule has 0 aliphatic rings. The summed E-state index contributed by atoms with van der Waals surface area (Å²) in [7, 11) is 1.91. The van der Waals surface area contributed by atoms with Gasteiger partial charge in [-0.2, -0.15) is 5.10 Å². The molecule has 2 heterocycles. The van der Waals surface area contributed by atoms with Crippen molar-refractivity contribution in [3.05, 3.63) is 39.3 Å². The van der Waals surface area contributed by atoms with E-state index in [0.717, 1.165) is 21.8 Å². The molecule has 0 radical (unpaired) electrons. The number of rotatable bonds is 4. The third-order valence-electron chi connectivity index (χ3n) is 2.98. The number of hydrogen-bond donors (Lipinski definition) is 0. The average Bonchev–Trinajstić information content (AvgIpc) is 2.83. The Balaban J connectivity index is 2.08. The van der Waals surface area contributed by atoms with E-state index in [1.54, 1.807) is 11.3 Å². The van der Waals surface area contributed by atoms with E-state index in [1.807, 2.05) is 43.1 Å². The molecule has 2 rings (SSSR count). The number of Topliss-reactive ketones (excluding diaryl/α,β-unsaturated/α-hetero) is 1. The van der Waals surface area contributed by atoms with Gasteiger partial charge in [-0.25, -0.2) is 0 Å². The number of nitrogens with zero attached hydrogens (tertiary/aromatic N) is 2. The first-order valence-corrected chi connectivity index (χ1v) is 6.49. The molecule has 0 aliphatic heterocycles. The molecule has 0 saturated heterocycles. The minimum absolute atomic E-state index is 0.256.